The van der Waals surface area contributed by atoms with Gasteiger partial charge in [0.2, 0.25) is 0 Å². The van der Waals surface area contributed by atoms with E-state index in [1.807, 2.05) is 36.4 Å². The average Bonchev–Trinajstić information content (AvgIpc) is 3.06. The maximum absolute atomic E-state index is 13.0. The topological polar surface area (TPSA) is 56.5 Å². The molecule has 1 aromatic carbocycles. The molecule has 25 heavy (non-hydrogen) atoms. The minimum absolute atomic E-state index is 0.148. The number of halogens is 2. The fourth-order valence-electron chi connectivity index (χ4n) is 2.66. The van der Waals surface area contributed by atoms with E-state index < -0.39 is 6.67 Å². The van der Waals surface area contributed by atoms with E-state index >= 15 is 0 Å². The van der Waals surface area contributed by atoms with Gasteiger partial charge in [-0.05, 0) is 46.3 Å². The van der Waals surface area contributed by atoms with Gasteiger partial charge in [0.05, 0.1) is 12.1 Å². The number of rotatable bonds is 4. The molecule has 3 heterocycles. The van der Waals surface area contributed by atoms with Gasteiger partial charge in [0.25, 0.3) is 0 Å². The third-order valence-electron chi connectivity index (χ3n) is 3.79. The van der Waals surface area contributed by atoms with Gasteiger partial charge in [0.1, 0.15) is 6.67 Å². The molecule has 0 spiro atoms. The van der Waals surface area contributed by atoms with Gasteiger partial charge in [-0.3, -0.25) is 9.97 Å². The molecule has 0 radical (unpaired) electrons. The zero-order valence-electron chi connectivity index (χ0n) is 13.1. The van der Waals surface area contributed by atoms with E-state index in [0.29, 0.717) is 11.6 Å². The maximum Gasteiger partial charge on any atom is 0.183 e. The molecular formula is C18H13BrFN5. The maximum atomic E-state index is 13.0. The Bertz CT molecular complexity index is 1050. The Kier molecular flexibility index (Phi) is 4.23. The smallest absolute Gasteiger partial charge is 0.183 e. The highest BCUT2D eigenvalue weighted by Crippen LogP contribution is 2.26. The first-order valence-electron chi connectivity index (χ1n) is 7.71. The normalized spacial score (nSPS) is 11.1. The second-order valence-corrected chi connectivity index (χ2v) is 6.39. The molecule has 0 atom stereocenters. The number of pyridine rings is 2. The van der Waals surface area contributed by atoms with Crippen molar-refractivity contribution in [1.82, 2.24) is 24.7 Å². The van der Waals surface area contributed by atoms with Crippen LogP contribution in [0.5, 0.6) is 0 Å². The highest BCUT2D eigenvalue weighted by molar-refractivity contribution is 9.10. The first kappa shape index (κ1) is 15.8. The minimum Gasteiger partial charge on any atom is -0.263 e. The Morgan fingerprint density at radius 3 is 2.84 bits per heavy atom. The van der Waals surface area contributed by atoms with E-state index in [1.165, 1.54) is 0 Å². The molecule has 0 unspecified atom stereocenters. The third kappa shape index (κ3) is 3.15. The summed E-state index contributed by atoms with van der Waals surface area (Å²) < 4.78 is 15.4. The summed E-state index contributed by atoms with van der Waals surface area (Å²) in [6.45, 7) is -0.365. The lowest BCUT2D eigenvalue weighted by atomic mass is 10.1. The summed E-state index contributed by atoms with van der Waals surface area (Å²) in [6.07, 6.45) is 5.14. The minimum atomic E-state index is -0.512. The molecule has 0 N–H and O–H groups in total. The number of nitrogens with zero attached hydrogens (tertiary/aromatic N) is 5. The van der Waals surface area contributed by atoms with Crippen molar-refractivity contribution in [1.29, 1.82) is 0 Å². The van der Waals surface area contributed by atoms with E-state index in [4.69, 9.17) is 0 Å². The van der Waals surface area contributed by atoms with E-state index in [-0.39, 0.29) is 6.54 Å². The average molecular weight is 398 g/mol. The quantitative estimate of drug-likeness (QED) is 0.515. The summed E-state index contributed by atoms with van der Waals surface area (Å²) in [5.74, 6) is 1.14. The molecule has 4 rings (SSSR count). The Morgan fingerprint density at radius 1 is 1.08 bits per heavy atom. The SMILES string of the molecule is FCCn1nc(-c2cncc(Br)c2)nc1-c1ccc2ncccc2c1. The van der Waals surface area contributed by atoms with Crippen molar-refractivity contribution < 1.29 is 4.39 Å². The van der Waals surface area contributed by atoms with E-state index in [1.54, 1.807) is 23.3 Å². The van der Waals surface area contributed by atoms with Crippen LogP contribution in [0.3, 0.4) is 0 Å². The molecule has 3 aromatic heterocycles. The van der Waals surface area contributed by atoms with Gasteiger partial charge >= 0.3 is 0 Å². The van der Waals surface area contributed by atoms with Gasteiger partial charge in [0.15, 0.2) is 11.6 Å². The Morgan fingerprint density at radius 2 is 2.00 bits per heavy atom. The van der Waals surface area contributed by atoms with E-state index in [0.717, 1.165) is 26.5 Å². The Hall–Kier alpha value is -2.67. The van der Waals surface area contributed by atoms with Crippen LogP contribution in [0.2, 0.25) is 0 Å². The number of aromatic nitrogens is 5. The zero-order valence-corrected chi connectivity index (χ0v) is 14.7. The van der Waals surface area contributed by atoms with Crippen LogP contribution in [0.25, 0.3) is 33.7 Å². The van der Waals surface area contributed by atoms with Gasteiger partial charge in [-0.1, -0.05) is 6.07 Å². The second kappa shape index (κ2) is 6.68. The van der Waals surface area contributed by atoms with Crippen LogP contribution >= 0.6 is 15.9 Å². The lowest BCUT2D eigenvalue weighted by Gasteiger charge is -2.04. The van der Waals surface area contributed by atoms with Crippen LogP contribution in [0, 0.1) is 0 Å². The van der Waals surface area contributed by atoms with Crippen LogP contribution in [-0.2, 0) is 6.54 Å². The number of alkyl halides is 1. The summed E-state index contributed by atoms with van der Waals surface area (Å²) in [6, 6.07) is 11.6. The summed E-state index contributed by atoms with van der Waals surface area (Å²) >= 11 is 3.40. The zero-order chi connectivity index (χ0) is 17.2. The first-order valence-corrected chi connectivity index (χ1v) is 8.51. The van der Waals surface area contributed by atoms with Crippen LogP contribution in [0.1, 0.15) is 0 Å². The van der Waals surface area contributed by atoms with E-state index in [9.17, 15) is 4.39 Å². The molecule has 4 aromatic rings. The standard InChI is InChI=1S/C18H13BrFN5/c19-15-9-14(10-21-11-15)17-23-18(25(24-17)7-5-20)13-3-4-16-12(8-13)2-1-6-22-16/h1-4,6,8-11H,5,7H2. The summed E-state index contributed by atoms with van der Waals surface area (Å²) in [7, 11) is 0. The van der Waals surface area contributed by atoms with Crippen LogP contribution < -0.4 is 0 Å². The van der Waals surface area contributed by atoms with Crippen molar-refractivity contribution in [2.45, 2.75) is 6.54 Å². The second-order valence-electron chi connectivity index (χ2n) is 5.47. The number of benzene rings is 1. The highest BCUT2D eigenvalue weighted by Gasteiger charge is 2.14. The Labute approximate surface area is 151 Å². The monoisotopic (exact) mass is 397 g/mol. The molecule has 0 saturated heterocycles. The van der Waals surface area contributed by atoms with Gasteiger partial charge < -0.3 is 0 Å². The molecule has 124 valence electrons. The van der Waals surface area contributed by atoms with Gasteiger partial charge in [0, 0.05) is 39.6 Å². The third-order valence-corrected chi connectivity index (χ3v) is 4.23. The van der Waals surface area contributed by atoms with Gasteiger partial charge in [-0.15, -0.1) is 0 Å². The van der Waals surface area contributed by atoms with Crippen LogP contribution in [-0.4, -0.2) is 31.4 Å². The molecule has 0 saturated carbocycles. The van der Waals surface area contributed by atoms with Crippen molar-refractivity contribution >= 4 is 26.8 Å². The van der Waals surface area contributed by atoms with Crippen molar-refractivity contribution in [2.75, 3.05) is 6.67 Å². The predicted molar refractivity (Wildman–Crippen MR) is 97.7 cm³/mol. The number of aryl methyl sites for hydroxylation is 1. The Balaban J connectivity index is 1.84. The van der Waals surface area contributed by atoms with Crippen LogP contribution in [0.15, 0.2) is 59.5 Å². The molecule has 0 amide bonds. The van der Waals surface area contributed by atoms with Crippen molar-refractivity contribution in [3.63, 3.8) is 0 Å². The van der Waals surface area contributed by atoms with Crippen molar-refractivity contribution in [2.24, 2.45) is 0 Å². The summed E-state index contributed by atoms with van der Waals surface area (Å²) in [4.78, 5) is 13.1. The number of hydrogen-bond acceptors (Lipinski definition) is 4. The molecule has 0 fully saturated rings. The molecule has 0 aliphatic carbocycles. The fraction of sp³-hybridized carbons (Fsp3) is 0.111. The molecule has 7 heteroatoms. The molecule has 5 nitrogen and oxygen atoms in total. The molecular weight excluding hydrogens is 385 g/mol. The van der Waals surface area contributed by atoms with Crippen molar-refractivity contribution in [3.8, 4) is 22.8 Å². The number of fused-ring (bicyclic) bond motifs is 1. The largest absolute Gasteiger partial charge is 0.263 e. The summed E-state index contributed by atoms with van der Waals surface area (Å²) in [5.41, 5.74) is 2.55. The number of hydrogen-bond donors (Lipinski definition) is 0. The molecule has 0 bridgehead atoms. The highest BCUT2D eigenvalue weighted by atomic mass is 79.9. The van der Waals surface area contributed by atoms with Crippen LogP contribution in [0.4, 0.5) is 4.39 Å². The molecule has 0 aliphatic heterocycles. The summed E-state index contributed by atoms with van der Waals surface area (Å²) in [5, 5.41) is 5.46. The van der Waals surface area contributed by atoms with Gasteiger partial charge in [-0.25, -0.2) is 14.1 Å². The van der Waals surface area contributed by atoms with Gasteiger partial charge in [-0.2, -0.15) is 5.10 Å². The molecule has 0 aliphatic rings. The lowest BCUT2D eigenvalue weighted by Crippen LogP contribution is -2.04. The first-order chi connectivity index (χ1) is 12.2. The van der Waals surface area contributed by atoms with Crippen molar-refractivity contribution in [3.05, 3.63) is 59.5 Å². The van der Waals surface area contributed by atoms with E-state index in [2.05, 4.69) is 36.0 Å². The lowest BCUT2D eigenvalue weighted by molar-refractivity contribution is 0.429. The fourth-order valence-corrected chi connectivity index (χ4v) is 3.03. The predicted octanol–water partition coefficient (Wildman–Crippen LogP) is 4.29.